The number of furan rings is 2. The van der Waals surface area contributed by atoms with Crippen molar-refractivity contribution < 1.29 is 8.83 Å². The van der Waals surface area contributed by atoms with Gasteiger partial charge in [-0.3, -0.25) is 9.97 Å². The molecule has 4 aromatic heterocycles. The molecule has 0 aliphatic rings. The van der Waals surface area contributed by atoms with Gasteiger partial charge in [-0.15, -0.1) is 0 Å². The van der Waals surface area contributed by atoms with Crippen molar-refractivity contribution in [3.05, 3.63) is 146 Å². The molecule has 206 valence electrons. The molecule has 0 unspecified atom stereocenters. The third-order valence-electron chi connectivity index (χ3n) is 8.44. The van der Waals surface area contributed by atoms with E-state index in [0.29, 0.717) is 0 Å². The van der Waals surface area contributed by atoms with Gasteiger partial charge in [0.2, 0.25) is 0 Å². The number of aromatic nitrogens is 2. The highest BCUT2D eigenvalue weighted by Crippen LogP contribution is 2.37. The first kappa shape index (κ1) is 24.6. The zero-order chi connectivity index (χ0) is 29.0. The normalized spacial score (nSPS) is 11.6. The molecule has 0 aliphatic heterocycles. The monoisotopic (exact) mass is 564 g/mol. The van der Waals surface area contributed by atoms with Crippen LogP contribution in [0.2, 0.25) is 0 Å². The summed E-state index contributed by atoms with van der Waals surface area (Å²) in [5.74, 6) is 0. The van der Waals surface area contributed by atoms with Crippen molar-refractivity contribution >= 4 is 44.1 Å². The molecule has 0 saturated heterocycles. The number of nitrogens with zero attached hydrogens (tertiary/aromatic N) is 2. The fraction of sp³-hybridized carbons (Fsp3) is 0. The maximum absolute atomic E-state index is 6.22. The summed E-state index contributed by atoms with van der Waals surface area (Å²) in [7, 11) is 0. The zero-order valence-corrected chi connectivity index (χ0v) is 23.6. The van der Waals surface area contributed by atoms with Crippen LogP contribution in [0.3, 0.4) is 0 Å². The molecule has 0 atom stereocenters. The van der Waals surface area contributed by atoms with Crippen LogP contribution in [0.5, 0.6) is 0 Å². The molecule has 0 fully saturated rings. The van der Waals surface area contributed by atoms with Crippen LogP contribution in [0.1, 0.15) is 0 Å². The van der Waals surface area contributed by atoms with E-state index in [1.165, 1.54) is 11.1 Å². The molecule has 0 bridgehead atoms. The van der Waals surface area contributed by atoms with E-state index in [-0.39, 0.29) is 0 Å². The first-order valence-corrected chi connectivity index (χ1v) is 14.6. The van der Waals surface area contributed by atoms with Crippen LogP contribution in [-0.2, 0) is 0 Å². The maximum atomic E-state index is 6.22. The van der Waals surface area contributed by atoms with Crippen molar-refractivity contribution in [3.8, 4) is 44.5 Å². The van der Waals surface area contributed by atoms with Gasteiger partial charge >= 0.3 is 0 Å². The molecule has 0 radical (unpaired) electrons. The molecule has 0 N–H and O–H groups in total. The van der Waals surface area contributed by atoms with Crippen molar-refractivity contribution in [2.75, 3.05) is 0 Å². The minimum atomic E-state index is 0.819. The highest BCUT2D eigenvalue weighted by atomic mass is 16.3. The fourth-order valence-corrected chi connectivity index (χ4v) is 6.23. The molecule has 4 nitrogen and oxygen atoms in total. The maximum Gasteiger partial charge on any atom is 0.161 e. The highest BCUT2D eigenvalue weighted by Gasteiger charge is 2.15. The average molecular weight is 565 g/mol. The average Bonchev–Trinajstić information content (AvgIpc) is 3.67. The van der Waals surface area contributed by atoms with Crippen LogP contribution >= 0.6 is 0 Å². The highest BCUT2D eigenvalue weighted by molar-refractivity contribution is 6.08. The van der Waals surface area contributed by atoms with Gasteiger partial charge in [0, 0.05) is 34.3 Å². The molecule has 0 spiro atoms. The molecular weight excluding hydrogens is 540 g/mol. The number of hydrogen-bond donors (Lipinski definition) is 0. The molecule has 4 heteroatoms. The van der Waals surface area contributed by atoms with Crippen LogP contribution in [0.4, 0.5) is 0 Å². The molecule has 5 aromatic carbocycles. The Kier molecular flexibility index (Phi) is 5.47. The van der Waals surface area contributed by atoms with E-state index in [4.69, 9.17) is 8.83 Å². The quantitative estimate of drug-likeness (QED) is 0.213. The summed E-state index contributed by atoms with van der Waals surface area (Å²) in [5, 5.41) is 2.07. The fourth-order valence-electron chi connectivity index (χ4n) is 6.23. The van der Waals surface area contributed by atoms with Gasteiger partial charge in [-0.1, -0.05) is 91.0 Å². The molecule has 0 saturated carbocycles. The molecular formula is C40H24N2O2. The zero-order valence-electron chi connectivity index (χ0n) is 23.6. The Hall–Kier alpha value is -6.00. The number of hydrogen-bond acceptors (Lipinski definition) is 4. The third-order valence-corrected chi connectivity index (χ3v) is 8.44. The Morgan fingerprint density at radius 1 is 0.364 bits per heavy atom. The smallest absolute Gasteiger partial charge is 0.161 e. The van der Waals surface area contributed by atoms with Gasteiger partial charge in [-0.2, -0.15) is 0 Å². The topological polar surface area (TPSA) is 52.1 Å². The SMILES string of the molecule is c1cc(-c2ccc(-c3ccnc4c3oc3ccccc34)cc2)cc(-c2ccc(-c3ccnc4c3oc3ccccc34)cc2)c1. The van der Waals surface area contributed by atoms with Crippen LogP contribution < -0.4 is 0 Å². The van der Waals surface area contributed by atoms with Gasteiger partial charge < -0.3 is 8.83 Å². The van der Waals surface area contributed by atoms with Crippen molar-refractivity contribution in [2.24, 2.45) is 0 Å². The number of para-hydroxylation sites is 2. The predicted molar refractivity (Wildman–Crippen MR) is 178 cm³/mol. The predicted octanol–water partition coefficient (Wildman–Crippen LogP) is 10.9. The third kappa shape index (κ3) is 3.92. The van der Waals surface area contributed by atoms with Crippen molar-refractivity contribution in [1.82, 2.24) is 9.97 Å². The van der Waals surface area contributed by atoms with Crippen molar-refractivity contribution in [1.29, 1.82) is 0 Å². The molecule has 44 heavy (non-hydrogen) atoms. The summed E-state index contributed by atoms with van der Waals surface area (Å²) in [4.78, 5) is 9.21. The van der Waals surface area contributed by atoms with E-state index < -0.39 is 0 Å². The Morgan fingerprint density at radius 2 is 0.795 bits per heavy atom. The Bertz CT molecular complexity index is 2310. The largest absolute Gasteiger partial charge is 0.454 e. The molecule has 4 heterocycles. The minimum absolute atomic E-state index is 0.819. The summed E-state index contributed by atoms with van der Waals surface area (Å²) in [6, 6.07) is 46.2. The second-order valence-electron chi connectivity index (χ2n) is 11.0. The van der Waals surface area contributed by atoms with E-state index in [1.807, 2.05) is 60.9 Å². The van der Waals surface area contributed by atoms with Gasteiger partial charge in [0.25, 0.3) is 0 Å². The van der Waals surface area contributed by atoms with Crippen LogP contribution in [0.15, 0.2) is 155 Å². The molecule has 9 aromatic rings. The van der Waals surface area contributed by atoms with Gasteiger partial charge in [0.1, 0.15) is 22.2 Å². The molecule has 0 aliphatic carbocycles. The summed E-state index contributed by atoms with van der Waals surface area (Å²) in [6.07, 6.45) is 3.71. The minimum Gasteiger partial charge on any atom is -0.454 e. The van der Waals surface area contributed by atoms with Crippen LogP contribution in [-0.4, -0.2) is 9.97 Å². The van der Waals surface area contributed by atoms with E-state index in [0.717, 1.165) is 77.5 Å². The van der Waals surface area contributed by atoms with Crippen molar-refractivity contribution in [2.45, 2.75) is 0 Å². The summed E-state index contributed by atoms with van der Waals surface area (Å²) < 4.78 is 12.4. The van der Waals surface area contributed by atoms with E-state index in [9.17, 15) is 0 Å². The lowest BCUT2D eigenvalue weighted by Gasteiger charge is -2.09. The summed E-state index contributed by atoms with van der Waals surface area (Å²) in [6.45, 7) is 0. The van der Waals surface area contributed by atoms with Crippen molar-refractivity contribution in [3.63, 3.8) is 0 Å². The van der Waals surface area contributed by atoms with Gasteiger partial charge in [0.05, 0.1) is 0 Å². The first-order chi connectivity index (χ1) is 21.8. The molecule has 9 rings (SSSR count). The van der Waals surface area contributed by atoms with E-state index in [1.54, 1.807) is 0 Å². The number of pyridine rings is 2. The Labute approximate surface area is 252 Å². The Morgan fingerprint density at radius 3 is 1.27 bits per heavy atom. The van der Waals surface area contributed by atoms with Gasteiger partial charge in [-0.25, -0.2) is 0 Å². The second-order valence-corrected chi connectivity index (χ2v) is 11.0. The Balaban J connectivity index is 1.03. The number of benzene rings is 5. The van der Waals surface area contributed by atoms with E-state index in [2.05, 4.69) is 94.9 Å². The van der Waals surface area contributed by atoms with Crippen LogP contribution in [0, 0.1) is 0 Å². The summed E-state index contributed by atoms with van der Waals surface area (Å²) in [5.41, 5.74) is 14.1. The van der Waals surface area contributed by atoms with E-state index >= 15 is 0 Å². The van der Waals surface area contributed by atoms with Crippen LogP contribution in [0.25, 0.3) is 88.6 Å². The first-order valence-electron chi connectivity index (χ1n) is 14.6. The lowest BCUT2D eigenvalue weighted by Crippen LogP contribution is -1.85. The number of rotatable bonds is 4. The summed E-state index contributed by atoms with van der Waals surface area (Å²) >= 11 is 0. The second kappa shape index (κ2) is 9.79. The van der Waals surface area contributed by atoms with Gasteiger partial charge in [0.15, 0.2) is 11.2 Å². The molecule has 0 amide bonds. The lowest BCUT2D eigenvalue weighted by atomic mass is 9.96. The standard InChI is InChI=1S/C40H24N2O2/c1-3-10-35-33(8-1)37-39(43-35)31(20-22-41-37)27-16-12-25(13-17-27)29-6-5-7-30(24-29)26-14-18-28(19-15-26)32-21-23-42-38-34-9-2-4-11-36(34)44-40(32)38/h1-24H. The lowest BCUT2D eigenvalue weighted by molar-refractivity contribution is 0.669. The van der Waals surface area contributed by atoms with Gasteiger partial charge in [-0.05, 0) is 75.8 Å². The number of fused-ring (bicyclic) bond motifs is 6.